The van der Waals surface area contributed by atoms with Gasteiger partial charge < -0.3 is 11.5 Å². The molecule has 0 aromatic carbocycles. The Morgan fingerprint density at radius 3 is 1.78 bits per heavy atom. The van der Waals surface area contributed by atoms with Crippen LogP contribution in [-0.4, -0.2) is 12.5 Å². The molecule has 0 rings (SSSR count). The zero-order valence-corrected chi connectivity index (χ0v) is 5.98. The normalized spacial score (nSPS) is 7.00. The third-order valence-corrected chi connectivity index (χ3v) is 0.421. The SMILES string of the molecule is C=C(C)C(N)=O.CCN. The van der Waals surface area contributed by atoms with Crippen molar-refractivity contribution in [3.63, 3.8) is 0 Å². The average Bonchev–Trinajstić information content (AvgIpc) is 1.68. The lowest BCUT2D eigenvalue weighted by Gasteiger charge is -1.81. The first kappa shape index (κ1) is 11.0. The van der Waals surface area contributed by atoms with Gasteiger partial charge in [0.1, 0.15) is 0 Å². The van der Waals surface area contributed by atoms with Crippen LogP contribution in [0.15, 0.2) is 12.2 Å². The number of hydrogen-bond donors (Lipinski definition) is 2. The molecular weight excluding hydrogens is 116 g/mol. The van der Waals surface area contributed by atoms with Crippen LogP contribution in [-0.2, 0) is 4.79 Å². The van der Waals surface area contributed by atoms with Crippen molar-refractivity contribution in [2.45, 2.75) is 13.8 Å². The lowest BCUT2D eigenvalue weighted by molar-refractivity contribution is -0.114. The molecule has 0 spiro atoms. The highest BCUT2D eigenvalue weighted by Gasteiger charge is 1.86. The second-order valence-electron chi connectivity index (χ2n) is 1.55. The van der Waals surface area contributed by atoms with Gasteiger partial charge in [0.15, 0.2) is 0 Å². The number of primary amides is 1. The van der Waals surface area contributed by atoms with Crippen molar-refractivity contribution in [2.24, 2.45) is 11.5 Å². The minimum absolute atomic E-state index is 0.398. The molecule has 9 heavy (non-hydrogen) atoms. The van der Waals surface area contributed by atoms with E-state index in [1.54, 1.807) is 6.92 Å². The van der Waals surface area contributed by atoms with E-state index in [1.807, 2.05) is 6.92 Å². The molecule has 0 saturated carbocycles. The molecule has 1 amide bonds. The minimum atomic E-state index is -0.435. The van der Waals surface area contributed by atoms with E-state index in [4.69, 9.17) is 11.5 Å². The molecule has 54 valence electrons. The highest BCUT2D eigenvalue weighted by Crippen LogP contribution is 1.78. The van der Waals surface area contributed by atoms with Gasteiger partial charge in [-0.2, -0.15) is 0 Å². The molecule has 0 fully saturated rings. The number of hydrogen-bond acceptors (Lipinski definition) is 2. The number of carbonyl (C=O) groups is 1. The second kappa shape index (κ2) is 7.17. The van der Waals surface area contributed by atoms with Crippen molar-refractivity contribution in [2.75, 3.05) is 6.54 Å². The number of rotatable bonds is 1. The molecule has 0 unspecified atom stereocenters. The highest BCUT2D eigenvalue weighted by molar-refractivity contribution is 5.90. The summed E-state index contributed by atoms with van der Waals surface area (Å²) >= 11 is 0. The van der Waals surface area contributed by atoms with Crippen LogP contribution < -0.4 is 11.5 Å². The van der Waals surface area contributed by atoms with Crippen LogP contribution in [0.2, 0.25) is 0 Å². The Hall–Kier alpha value is -0.830. The van der Waals surface area contributed by atoms with Crippen LogP contribution in [0.4, 0.5) is 0 Å². The fourth-order valence-corrected chi connectivity index (χ4v) is 0. The molecule has 0 radical (unpaired) electrons. The fraction of sp³-hybridized carbons (Fsp3) is 0.500. The van der Waals surface area contributed by atoms with E-state index < -0.39 is 5.91 Å². The number of amides is 1. The fourth-order valence-electron chi connectivity index (χ4n) is 0. The van der Waals surface area contributed by atoms with Crippen molar-refractivity contribution in [1.29, 1.82) is 0 Å². The molecule has 0 bridgehead atoms. The van der Waals surface area contributed by atoms with E-state index in [9.17, 15) is 4.79 Å². The summed E-state index contributed by atoms with van der Waals surface area (Å²) in [6, 6.07) is 0. The van der Waals surface area contributed by atoms with Crippen LogP contribution in [0.3, 0.4) is 0 Å². The topological polar surface area (TPSA) is 69.1 Å². The Morgan fingerprint density at radius 2 is 1.78 bits per heavy atom. The summed E-state index contributed by atoms with van der Waals surface area (Å²) in [4.78, 5) is 9.82. The highest BCUT2D eigenvalue weighted by atomic mass is 16.1. The summed E-state index contributed by atoms with van der Waals surface area (Å²) in [5.74, 6) is -0.435. The van der Waals surface area contributed by atoms with Gasteiger partial charge in [-0.15, -0.1) is 0 Å². The van der Waals surface area contributed by atoms with E-state index in [0.717, 1.165) is 6.54 Å². The van der Waals surface area contributed by atoms with E-state index in [2.05, 4.69) is 6.58 Å². The molecule has 3 heteroatoms. The van der Waals surface area contributed by atoms with Crippen molar-refractivity contribution >= 4 is 5.91 Å². The second-order valence-corrected chi connectivity index (χ2v) is 1.55. The van der Waals surface area contributed by atoms with E-state index in [-0.39, 0.29) is 0 Å². The van der Waals surface area contributed by atoms with E-state index in [0.29, 0.717) is 5.57 Å². The maximum atomic E-state index is 9.82. The molecule has 0 aromatic rings. The summed E-state index contributed by atoms with van der Waals surface area (Å²) in [6.45, 7) is 7.50. The van der Waals surface area contributed by atoms with Crippen LogP contribution in [0, 0.1) is 0 Å². The van der Waals surface area contributed by atoms with Gasteiger partial charge in [0.05, 0.1) is 0 Å². The third-order valence-electron chi connectivity index (χ3n) is 0.421. The van der Waals surface area contributed by atoms with Gasteiger partial charge in [-0.3, -0.25) is 4.79 Å². The summed E-state index contributed by atoms with van der Waals surface area (Å²) in [6.07, 6.45) is 0. The molecule has 0 aromatic heterocycles. The zero-order valence-electron chi connectivity index (χ0n) is 5.98. The Kier molecular flexibility index (Phi) is 8.79. The quantitative estimate of drug-likeness (QED) is 0.491. The summed E-state index contributed by atoms with van der Waals surface area (Å²) in [7, 11) is 0. The van der Waals surface area contributed by atoms with Crippen LogP contribution in [0.5, 0.6) is 0 Å². The van der Waals surface area contributed by atoms with Crippen molar-refractivity contribution in [3.8, 4) is 0 Å². The van der Waals surface area contributed by atoms with Crippen LogP contribution >= 0.6 is 0 Å². The maximum absolute atomic E-state index is 9.82. The number of carbonyl (C=O) groups excluding carboxylic acids is 1. The minimum Gasteiger partial charge on any atom is -0.366 e. The standard InChI is InChI=1S/C4H7NO.C2H7N/c1-3(2)4(5)6;1-2-3/h1H2,2H3,(H2,5,6);2-3H2,1H3. The lowest BCUT2D eigenvalue weighted by atomic mass is 10.3. The van der Waals surface area contributed by atoms with E-state index >= 15 is 0 Å². The molecule has 0 aliphatic carbocycles. The first-order chi connectivity index (χ1) is 4.06. The van der Waals surface area contributed by atoms with Gasteiger partial charge in [0.25, 0.3) is 0 Å². The first-order valence-corrected chi connectivity index (χ1v) is 2.71. The molecule has 4 N–H and O–H groups in total. The van der Waals surface area contributed by atoms with Gasteiger partial charge in [-0.1, -0.05) is 13.5 Å². The van der Waals surface area contributed by atoms with Crippen molar-refractivity contribution in [1.82, 2.24) is 0 Å². The van der Waals surface area contributed by atoms with Gasteiger partial charge in [-0.05, 0) is 13.5 Å². The third kappa shape index (κ3) is 19.1. The predicted octanol–water partition coefficient (Wildman–Crippen LogP) is 0.0128. The smallest absolute Gasteiger partial charge is 0.243 e. The van der Waals surface area contributed by atoms with Gasteiger partial charge in [0, 0.05) is 5.57 Å². The van der Waals surface area contributed by atoms with Crippen molar-refractivity contribution in [3.05, 3.63) is 12.2 Å². The molecular formula is C6H14N2O. The van der Waals surface area contributed by atoms with Gasteiger partial charge >= 0.3 is 0 Å². The monoisotopic (exact) mass is 130 g/mol. The zero-order chi connectivity index (χ0) is 7.86. The summed E-state index contributed by atoms with van der Waals surface area (Å²) < 4.78 is 0. The molecule has 0 aliphatic rings. The average molecular weight is 130 g/mol. The molecule has 3 nitrogen and oxygen atoms in total. The Morgan fingerprint density at radius 1 is 1.67 bits per heavy atom. The molecule has 0 atom stereocenters. The largest absolute Gasteiger partial charge is 0.366 e. The molecule has 0 aliphatic heterocycles. The summed E-state index contributed by atoms with van der Waals surface area (Å²) in [5.41, 5.74) is 9.94. The predicted molar refractivity (Wildman–Crippen MR) is 38.7 cm³/mol. The van der Waals surface area contributed by atoms with Crippen LogP contribution in [0.25, 0.3) is 0 Å². The van der Waals surface area contributed by atoms with E-state index in [1.165, 1.54) is 0 Å². The first-order valence-electron chi connectivity index (χ1n) is 2.71. The summed E-state index contributed by atoms with van der Waals surface area (Å²) in [5, 5.41) is 0. The van der Waals surface area contributed by atoms with Gasteiger partial charge in [-0.25, -0.2) is 0 Å². The Bertz CT molecular complexity index is 87.2. The molecule has 0 saturated heterocycles. The van der Waals surface area contributed by atoms with Gasteiger partial charge in [0.2, 0.25) is 5.91 Å². The molecule has 0 heterocycles. The Labute approximate surface area is 55.7 Å². The number of nitrogens with two attached hydrogens (primary N) is 2. The Balaban J connectivity index is 0. The van der Waals surface area contributed by atoms with Crippen molar-refractivity contribution < 1.29 is 4.79 Å². The van der Waals surface area contributed by atoms with Crippen LogP contribution in [0.1, 0.15) is 13.8 Å². The maximum Gasteiger partial charge on any atom is 0.243 e. The lowest BCUT2D eigenvalue weighted by Crippen LogP contribution is -2.10.